The lowest BCUT2D eigenvalue weighted by Crippen LogP contribution is -2.57. The Hall–Kier alpha value is -0.880. The first-order valence-corrected chi connectivity index (χ1v) is 3.78. The second-order valence-electron chi connectivity index (χ2n) is 2.57. The smallest absolute Gasteiger partial charge is 0.242 e. The van der Waals surface area contributed by atoms with Crippen LogP contribution in [0.15, 0.2) is 0 Å². The minimum absolute atomic E-state index is 0.0116. The number of carbonyl (C=O) groups is 1. The summed E-state index contributed by atoms with van der Waals surface area (Å²) >= 11 is 4.87. The number of fused-ring (bicyclic) bond motifs is 1. The number of hydrogen-bond acceptors (Lipinski definition) is 3. The zero-order valence-corrected chi connectivity index (χ0v) is 6.49. The average molecular weight is 172 g/mol. The van der Waals surface area contributed by atoms with Crippen molar-refractivity contribution in [2.24, 2.45) is 5.92 Å². The van der Waals surface area contributed by atoms with Crippen LogP contribution in [0.3, 0.4) is 0 Å². The summed E-state index contributed by atoms with van der Waals surface area (Å²) in [6.45, 7) is 0.606. The van der Waals surface area contributed by atoms with Gasteiger partial charge in [-0.3, -0.25) is 10.2 Å². The van der Waals surface area contributed by atoms with E-state index >= 15 is 0 Å². The number of hydrazine groups is 1. The monoisotopic (exact) mass is 172 g/mol. The second kappa shape index (κ2) is 2.31. The minimum Gasteiger partial charge on any atom is -0.362 e. The van der Waals surface area contributed by atoms with Crippen molar-refractivity contribution in [1.29, 1.82) is 0 Å². The van der Waals surface area contributed by atoms with Crippen molar-refractivity contribution < 1.29 is 4.79 Å². The first-order valence-electron chi connectivity index (χ1n) is 3.37. The largest absolute Gasteiger partial charge is 0.362 e. The summed E-state index contributed by atoms with van der Waals surface area (Å²) in [5.74, 6) is -0.0424. The summed E-state index contributed by atoms with van der Waals surface area (Å²) in [6, 6.07) is 0. The molecule has 5 nitrogen and oxygen atoms in total. The molecule has 0 aromatic rings. The maximum Gasteiger partial charge on any atom is 0.242 e. The van der Waals surface area contributed by atoms with Gasteiger partial charge in [-0.05, 0) is 12.2 Å². The van der Waals surface area contributed by atoms with Gasteiger partial charge in [-0.15, -0.1) is 0 Å². The number of rotatable bonds is 0. The lowest BCUT2D eigenvalue weighted by molar-refractivity contribution is -0.122. The van der Waals surface area contributed by atoms with Crippen LogP contribution in [0.2, 0.25) is 0 Å². The van der Waals surface area contributed by atoms with Crippen LogP contribution in [0.5, 0.6) is 0 Å². The predicted molar refractivity (Wildman–Crippen MR) is 42.3 cm³/mol. The number of carbonyl (C=O) groups excluding carboxylic acids is 1. The molecule has 0 aliphatic carbocycles. The van der Waals surface area contributed by atoms with E-state index < -0.39 is 0 Å². The normalized spacial score (nSPS) is 35.3. The van der Waals surface area contributed by atoms with Gasteiger partial charge in [0.1, 0.15) is 6.17 Å². The van der Waals surface area contributed by atoms with Crippen LogP contribution in [0.25, 0.3) is 0 Å². The highest BCUT2D eigenvalue weighted by Gasteiger charge is 2.37. The van der Waals surface area contributed by atoms with Gasteiger partial charge < -0.3 is 10.6 Å². The number of hydrogen-bond donors (Lipinski definition) is 4. The highest BCUT2D eigenvalue weighted by Crippen LogP contribution is 2.08. The van der Waals surface area contributed by atoms with Crippen LogP contribution in [0, 0.1) is 5.92 Å². The van der Waals surface area contributed by atoms with Crippen LogP contribution in [-0.2, 0) is 4.79 Å². The van der Waals surface area contributed by atoms with E-state index in [0.717, 1.165) is 0 Å². The van der Waals surface area contributed by atoms with E-state index in [1.54, 1.807) is 0 Å². The fraction of sp³-hybridized carbons (Fsp3) is 0.600. The molecule has 0 saturated carbocycles. The number of nitrogens with one attached hydrogen (secondary N) is 4. The zero-order chi connectivity index (χ0) is 7.84. The Morgan fingerprint density at radius 1 is 1.55 bits per heavy atom. The molecular formula is C5H8N4OS. The Bertz CT molecular complexity index is 219. The summed E-state index contributed by atoms with van der Waals surface area (Å²) in [5.41, 5.74) is 5.33. The predicted octanol–water partition coefficient (Wildman–Crippen LogP) is -1.96. The van der Waals surface area contributed by atoms with Gasteiger partial charge in [-0.1, -0.05) is 0 Å². The van der Waals surface area contributed by atoms with Gasteiger partial charge in [0, 0.05) is 6.54 Å². The third kappa shape index (κ3) is 1.04. The maximum absolute atomic E-state index is 11.0. The molecule has 6 heteroatoms. The summed E-state index contributed by atoms with van der Waals surface area (Å²) in [7, 11) is 0. The third-order valence-electron chi connectivity index (χ3n) is 1.86. The molecule has 2 heterocycles. The number of thiocarbonyl (C=S) groups is 1. The molecule has 0 aromatic heterocycles. The fourth-order valence-corrected chi connectivity index (χ4v) is 1.45. The molecule has 4 N–H and O–H groups in total. The van der Waals surface area contributed by atoms with E-state index in [9.17, 15) is 4.79 Å². The third-order valence-corrected chi connectivity index (χ3v) is 2.12. The summed E-state index contributed by atoms with van der Waals surface area (Å²) < 4.78 is 0. The molecule has 2 aliphatic rings. The first-order chi connectivity index (χ1) is 5.27. The Kier molecular flexibility index (Phi) is 1.43. The van der Waals surface area contributed by atoms with Crippen LogP contribution in [0.1, 0.15) is 0 Å². The fourth-order valence-electron chi connectivity index (χ4n) is 1.24. The molecule has 1 amide bonds. The van der Waals surface area contributed by atoms with Crippen LogP contribution >= 0.6 is 12.2 Å². The lowest BCUT2D eigenvalue weighted by Gasteiger charge is -2.26. The highest BCUT2D eigenvalue weighted by atomic mass is 32.1. The molecule has 0 radical (unpaired) electrons. The molecule has 2 aliphatic heterocycles. The van der Waals surface area contributed by atoms with Gasteiger partial charge in [0.25, 0.3) is 0 Å². The van der Waals surface area contributed by atoms with Gasteiger partial charge in [-0.2, -0.15) is 0 Å². The van der Waals surface area contributed by atoms with Crippen molar-refractivity contribution in [2.75, 3.05) is 6.54 Å². The zero-order valence-electron chi connectivity index (χ0n) is 5.68. The van der Waals surface area contributed by atoms with Gasteiger partial charge in [0.15, 0.2) is 5.11 Å². The van der Waals surface area contributed by atoms with E-state index in [1.165, 1.54) is 0 Å². The van der Waals surface area contributed by atoms with E-state index in [2.05, 4.69) is 21.5 Å². The van der Waals surface area contributed by atoms with E-state index in [0.29, 0.717) is 11.7 Å². The van der Waals surface area contributed by atoms with Crippen molar-refractivity contribution in [2.45, 2.75) is 6.17 Å². The van der Waals surface area contributed by atoms with Crippen LogP contribution in [-0.4, -0.2) is 23.7 Å². The highest BCUT2D eigenvalue weighted by molar-refractivity contribution is 7.80. The van der Waals surface area contributed by atoms with Crippen LogP contribution in [0.4, 0.5) is 0 Å². The first kappa shape index (κ1) is 6.81. The molecule has 2 unspecified atom stereocenters. The van der Waals surface area contributed by atoms with E-state index in [-0.39, 0.29) is 18.0 Å². The second-order valence-corrected chi connectivity index (χ2v) is 2.98. The number of amides is 1. The van der Waals surface area contributed by atoms with Crippen molar-refractivity contribution in [1.82, 2.24) is 21.5 Å². The molecule has 60 valence electrons. The van der Waals surface area contributed by atoms with E-state index in [4.69, 9.17) is 12.2 Å². The summed E-state index contributed by atoms with van der Waals surface area (Å²) in [5, 5.41) is 6.43. The SMILES string of the molecule is O=C1NNC2NC(=S)NCC12. The van der Waals surface area contributed by atoms with Crippen molar-refractivity contribution >= 4 is 23.2 Å². The Morgan fingerprint density at radius 2 is 2.36 bits per heavy atom. The molecule has 2 rings (SSSR count). The molecule has 0 aromatic carbocycles. The quantitative estimate of drug-likeness (QED) is 0.320. The van der Waals surface area contributed by atoms with Gasteiger partial charge >= 0.3 is 0 Å². The molecule has 2 atom stereocenters. The maximum atomic E-state index is 11.0. The van der Waals surface area contributed by atoms with Gasteiger partial charge in [0.2, 0.25) is 5.91 Å². The molecule has 2 saturated heterocycles. The van der Waals surface area contributed by atoms with E-state index in [1.807, 2.05) is 0 Å². The van der Waals surface area contributed by atoms with Gasteiger partial charge in [0.05, 0.1) is 5.92 Å². The Labute approximate surface area is 68.9 Å². The van der Waals surface area contributed by atoms with Gasteiger partial charge in [-0.25, -0.2) is 5.43 Å². The Morgan fingerprint density at radius 3 is 3.18 bits per heavy atom. The Balaban J connectivity index is 2.11. The average Bonchev–Trinajstić information content (AvgIpc) is 2.32. The standard InChI is InChI=1S/C5H8N4OS/c10-4-2-1-6-5(11)7-3(2)8-9-4/h2-3,8H,1H2,(H,9,10)(H2,6,7,11). The summed E-state index contributed by atoms with van der Waals surface area (Å²) in [4.78, 5) is 11.0. The van der Waals surface area contributed by atoms with Crippen molar-refractivity contribution in [3.05, 3.63) is 0 Å². The summed E-state index contributed by atoms with van der Waals surface area (Å²) in [6.07, 6.45) is -0.0451. The molecular weight excluding hydrogens is 164 g/mol. The topological polar surface area (TPSA) is 65.2 Å². The van der Waals surface area contributed by atoms with Crippen molar-refractivity contribution in [3.8, 4) is 0 Å². The molecule has 11 heavy (non-hydrogen) atoms. The molecule has 0 spiro atoms. The minimum atomic E-state index is -0.0540. The lowest BCUT2D eigenvalue weighted by atomic mass is 10.1. The van der Waals surface area contributed by atoms with Crippen molar-refractivity contribution in [3.63, 3.8) is 0 Å². The van der Waals surface area contributed by atoms with Crippen LogP contribution < -0.4 is 21.5 Å². The molecule has 2 fully saturated rings. The molecule has 0 bridgehead atoms.